The van der Waals surface area contributed by atoms with Crippen molar-refractivity contribution in [3.8, 4) is 0 Å². The molecule has 0 radical (unpaired) electrons. The molecule has 5 heteroatoms. The molecule has 1 aromatic heterocycles. The highest BCUT2D eigenvalue weighted by atomic mass is 32.2. The van der Waals surface area contributed by atoms with E-state index in [4.69, 9.17) is 0 Å². The van der Waals surface area contributed by atoms with Crippen LogP contribution in [0.15, 0.2) is 48.7 Å². The van der Waals surface area contributed by atoms with Crippen LogP contribution in [0.5, 0.6) is 0 Å². The number of aromatic amines is 1. The summed E-state index contributed by atoms with van der Waals surface area (Å²) in [6, 6.07) is 11.3. The van der Waals surface area contributed by atoms with Crippen LogP contribution >= 0.6 is 11.8 Å². The number of Topliss-reactive ketones (excluding diaryl/α,β-unsaturated/α-hetero) is 1. The minimum absolute atomic E-state index is 0.0178. The zero-order chi connectivity index (χ0) is 16.4. The molecule has 1 atom stereocenters. The molecule has 0 saturated heterocycles. The fourth-order valence-electron chi connectivity index (χ4n) is 2.56. The molecule has 1 N–H and O–H groups in total. The maximum Gasteiger partial charge on any atom is 0.174 e. The van der Waals surface area contributed by atoms with E-state index in [1.807, 2.05) is 24.3 Å². The van der Waals surface area contributed by atoms with Gasteiger partial charge in [0.15, 0.2) is 5.78 Å². The molecule has 0 spiro atoms. The number of hydrogen-bond acceptors (Lipinski definition) is 2. The SMILES string of the molecule is CC(SCC(=O)c1c[nH]c2ccccc12)c1c(F)cccc1F. The molecule has 1 unspecified atom stereocenters. The average molecular weight is 331 g/mol. The van der Waals surface area contributed by atoms with E-state index in [1.54, 1.807) is 13.1 Å². The summed E-state index contributed by atoms with van der Waals surface area (Å²) in [4.78, 5) is 15.5. The predicted octanol–water partition coefficient (Wildman–Crippen LogP) is 5.12. The van der Waals surface area contributed by atoms with Gasteiger partial charge < -0.3 is 4.98 Å². The third-order valence-electron chi connectivity index (χ3n) is 3.76. The van der Waals surface area contributed by atoms with E-state index >= 15 is 0 Å². The van der Waals surface area contributed by atoms with E-state index in [-0.39, 0.29) is 17.1 Å². The summed E-state index contributed by atoms with van der Waals surface area (Å²) >= 11 is 1.23. The quantitative estimate of drug-likeness (QED) is 0.658. The van der Waals surface area contributed by atoms with Gasteiger partial charge in [-0.3, -0.25) is 4.79 Å². The summed E-state index contributed by atoms with van der Waals surface area (Å²) in [6.45, 7) is 1.70. The average Bonchev–Trinajstić information content (AvgIpc) is 2.96. The minimum Gasteiger partial charge on any atom is -0.360 e. The summed E-state index contributed by atoms with van der Waals surface area (Å²) in [7, 11) is 0. The Balaban J connectivity index is 1.74. The number of carbonyl (C=O) groups excluding carboxylic acids is 1. The second-order valence-corrected chi connectivity index (χ2v) is 6.59. The lowest BCUT2D eigenvalue weighted by molar-refractivity contribution is 0.102. The molecular weight excluding hydrogens is 316 g/mol. The molecule has 0 saturated carbocycles. The van der Waals surface area contributed by atoms with Gasteiger partial charge in [0.2, 0.25) is 0 Å². The Morgan fingerprint density at radius 3 is 2.57 bits per heavy atom. The monoisotopic (exact) mass is 331 g/mol. The van der Waals surface area contributed by atoms with Crippen molar-refractivity contribution in [2.75, 3.05) is 5.75 Å². The van der Waals surface area contributed by atoms with E-state index in [0.29, 0.717) is 5.56 Å². The number of hydrogen-bond donors (Lipinski definition) is 1. The maximum atomic E-state index is 13.8. The lowest BCUT2D eigenvalue weighted by atomic mass is 10.1. The van der Waals surface area contributed by atoms with E-state index in [0.717, 1.165) is 10.9 Å². The number of H-pyrrole nitrogens is 1. The van der Waals surface area contributed by atoms with Gasteiger partial charge in [0.25, 0.3) is 0 Å². The second kappa shape index (κ2) is 6.54. The van der Waals surface area contributed by atoms with E-state index in [9.17, 15) is 13.6 Å². The summed E-state index contributed by atoms with van der Waals surface area (Å²) in [5.74, 6) is -1.05. The van der Waals surface area contributed by atoms with Crippen LogP contribution in [0.2, 0.25) is 0 Å². The van der Waals surface area contributed by atoms with Crippen LogP contribution < -0.4 is 0 Å². The largest absolute Gasteiger partial charge is 0.360 e. The molecule has 3 rings (SSSR count). The van der Waals surface area contributed by atoms with Crippen LogP contribution in [0.3, 0.4) is 0 Å². The molecule has 0 amide bonds. The molecule has 0 aliphatic rings. The highest BCUT2D eigenvalue weighted by Crippen LogP contribution is 2.32. The lowest BCUT2D eigenvalue weighted by Gasteiger charge is -2.13. The number of thioether (sulfide) groups is 1. The molecule has 23 heavy (non-hydrogen) atoms. The van der Waals surface area contributed by atoms with Crippen molar-refractivity contribution in [3.05, 3.63) is 71.4 Å². The van der Waals surface area contributed by atoms with E-state index < -0.39 is 16.9 Å². The Labute approximate surface area is 136 Å². The fourth-order valence-corrected chi connectivity index (χ4v) is 3.51. The van der Waals surface area contributed by atoms with Crippen LogP contribution in [0.4, 0.5) is 8.78 Å². The number of halogens is 2. The first-order valence-corrected chi connectivity index (χ1v) is 8.27. The van der Waals surface area contributed by atoms with Crippen molar-refractivity contribution in [3.63, 3.8) is 0 Å². The van der Waals surface area contributed by atoms with Gasteiger partial charge in [0, 0.05) is 33.5 Å². The number of aromatic nitrogens is 1. The van der Waals surface area contributed by atoms with Gasteiger partial charge in [0.1, 0.15) is 11.6 Å². The normalized spacial score (nSPS) is 12.5. The van der Waals surface area contributed by atoms with Gasteiger partial charge in [-0.2, -0.15) is 0 Å². The smallest absolute Gasteiger partial charge is 0.174 e. The van der Waals surface area contributed by atoms with Gasteiger partial charge >= 0.3 is 0 Å². The Bertz CT molecular complexity index is 839. The summed E-state index contributed by atoms with van der Waals surface area (Å²) in [5.41, 5.74) is 1.52. The zero-order valence-electron chi connectivity index (χ0n) is 12.5. The zero-order valence-corrected chi connectivity index (χ0v) is 13.3. The van der Waals surface area contributed by atoms with Gasteiger partial charge in [-0.05, 0) is 25.1 Å². The number of benzene rings is 2. The van der Waals surface area contributed by atoms with Crippen molar-refractivity contribution in [2.24, 2.45) is 0 Å². The number of ketones is 1. The Hall–Kier alpha value is -2.14. The fraction of sp³-hybridized carbons (Fsp3) is 0.167. The first-order chi connectivity index (χ1) is 11.1. The number of rotatable bonds is 5. The number of nitrogens with one attached hydrogen (secondary N) is 1. The molecular formula is C18H15F2NOS. The number of para-hydroxylation sites is 1. The third kappa shape index (κ3) is 3.15. The van der Waals surface area contributed by atoms with Crippen molar-refractivity contribution >= 4 is 28.4 Å². The van der Waals surface area contributed by atoms with Crippen molar-refractivity contribution in [2.45, 2.75) is 12.2 Å². The molecule has 118 valence electrons. The predicted molar refractivity (Wildman–Crippen MR) is 89.9 cm³/mol. The molecule has 1 heterocycles. The van der Waals surface area contributed by atoms with Crippen molar-refractivity contribution in [1.29, 1.82) is 0 Å². The van der Waals surface area contributed by atoms with Crippen molar-refractivity contribution < 1.29 is 13.6 Å². The third-order valence-corrected chi connectivity index (χ3v) is 4.92. The van der Waals surface area contributed by atoms with Gasteiger partial charge in [-0.15, -0.1) is 11.8 Å². The standard InChI is InChI=1S/C18H15F2NOS/c1-11(18-14(19)6-4-7-15(18)20)23-10-17(22)13-9-21-16-8-3-2-5-12(13)16/h2-9,11,21H,10H2,1H3. The van der Waals surface area contributed by atoms with Gasteiger partial charge in [-0.1, -0.05) is 24.3 Å². The van der Waals surface area contributed by atoms with Crippen LogP contribution in [-0.2, 0) is 0 Å². The lowest BCUT2D eigenvalue weighted by Crippen LogP contribution is -2.05. The van der Waals surface area contributed by atoms with Gasteiger partial charge in [0.05, 0.1) is 5.75 Å². The maximum absolute atomic E-state index is 13.8. The second-order valence-electron chi connectivity index (χ2n) is 5.26. The molecule has 0 fully saturated rings. The molecule has 3 aromatic rings. The molecule has 0 aliphatic heterocycles. The number of fused-ring (bicyclic) bond motifs is 1. The van der Waals surface area contributed by atoms with Crippen LogP contribution in [0, 0.1) is 11.6 Å². The first-order valence-electron chi connectivity index (χ1n) is 7.22. The summed E-state index contributed by atoms with van der Waals surface area (Å²) in [5, 5.41) is 0.424. The molecule has 2 nitrogen and oxygen atoms in total. The van der Waals surface area contributed by atoms with E-state index in [1.165, 1.54) is 30.0 Å². The summed E-state index contributed by atoms with van der Waals surface area (Å²) in [6.07, 6.45) is 1.68. The molecule has 2 aromatic carbocycles. The highest BCUT2D eigenvalue weighted by molar-refractivity contribution is 8.00. The first kappa shape index (κ1) is 15.7. The topological polar surface area (TPSA) is 32.9 Å². The van der Waals surface area contributed by atoms with Crippen molar-refractivity contribution in [1.82, 2.24) is 4.98 Å². The Morgan fingerprint density at radius 1 is 1.13 bits per heavy atom. The summed E-state index contributed by atoms with van der Waals surface area (Å²) < 4.78 is 27.5. The van der Waals surface area contributed by atoms with E-state index in [2.05, 4.69) is 4.98 Å². The minimum atomic E-state index is -0.579. The Kier molecular flexibility index (Phi) is 4.48. The van der Waals surface area contributed by atoms with Gasteiger partial charge in [-0.25, -0.2) is 8.78 Å². The number of carbonyl (C=O) groups is 1. The molecule has 0 bridgehead atoms. The van der Waals surface area contributed by atoms with Crippen LogP contribution in [0.25, 0.3) is 10.9 Å². The van der Waals surface area contributed by atoms with Crippen LogP contribution in [0.1, 0.15) is 28.1 Å². The van der Waals surface area contributed by atoms with Crippen LogP contribution in [-0.4, -0.2) is 16.5 Å². The highest BCUT2D eigenvalue weighted by Gasteiger charge is 2.19. The Morgan fingerprint density at radius 2 is 1.83 bits per heavy atom. The molecule has 0 aliphatic carbocycles.